The summed E-state index contributed by atoms with van der Waals surface area (Å²) in [4.78, 5) is 0. The van der Waals surface area contributed by atoms with Crippen LogP contribution in [0.4, 0.5) is 0 Å². The summed E-state index contributed by atoms with van der Waals surface area (Å²) in [5.74, 6) is 0. The predicted molar refractivity (Wildman–Crippen MR) is 130 cm³/mol. The molecule has 3 fully saturated rings. The minimum atomic E-state index is 0.401. The molecule has 0 amide bonds. The largest absolute Gasteiger partial charge is 0.378 e. The molecule has 3 rings (SSSR count). The van der Waals surface area contributed by atoms with Crippen LogP contribution in [0.15, 0.2) is 0 Å². The second-order valence-corrected chi connectivity index (χ2v) is 10.6. The van der Waals surface area contributed by atoms with E-state index >= 15 is 0 Å². The van der Waals surface area contributed by atoms with Gasteiger partial charge in [-0.2, -0.15) is 0 Å². The number of hydrogen-bond donors (Lipinski definition) is 0. The Morgan fingerprint density at radius 3 is 1.19 bits per heavy atom. The minimum absolute atomic E-state index is 0.401. The molecular formula is C28H52O3. The van der Waals surface area contributed by atoms with Gasteiger partial charge in [-0.15, -0.1) is 0 Å². The highest BCUT2D eigenvalue weighted by molar-refractivity contribution is 4.70. The Hall–Kier alpha value is -0.120. The summed E-state index contributed by atoms with van der Waals surface area (Å²) in [6.45, 7) is 1.85. The van der Waals surface area contributed by atoms with E-state index in [1.165, 1.54) is 116 Å². The molecule has 182 valence electrons. The summed E-state index contributed by atoms with van der Waals surface area (Å²) in [7, 11) is 0. The van der Waals surface area contributed by atoms with Gasteiger partial charge >= 0.3 is 0 Å². The Balaban J connectivity index is 1.34. The van der Waals surface area contributed by atoms with Crippen molar-refractivity contribution in [3.63, 3.8) is 0 Å². The van der Waals surface area contributed by atoms with E-state index < -0.39 is 0 Å². The fraction of sp³-hybridized carbons (Fsp3) is 1.00. The fourth-order valence-corrected chi connectivity index (χ4v) is 5.87. The van der Waals surface area contributed by atoms with Gasteiger partial charge in [0.05, 0.1) is 24.4 Å². The fourth-order valence-electron chi connectivity index (χ4n) is 5.87. The van der Waals surface area contributed by atoms with Crippen LogP contribution >= 0.6 is 0 Å². The van der Waals surface area contributed by atoms with Gasteiger partial charge in [-0.1, -0.05) is 77.0 Å². The number of ether oxygens (including phenoxy) is 3. The van der Waals surface area contributed by atoms with Gasteiger partial charge in [0.25, 0.3) is 0 Å². The molecule has 0 aliphatic heterocycles. The maximum atomic E-state index is 6.68. The van der Waals surface area contributed by atoms with E-state index in [4.69, 9.17) is 14.2 Å². The van der Waals surface area contributed by atoms with Gasteiger partial charge in [-0.05, 0) is 64.2 Å². The van der Waals surface area contributed by atoms with Gasteiger partial charge in [-0.3, -0.25) is 0 Å². The second-order valence-electron chi connectivity index (χ2n) is 10.6. The maximum absolute atomic E-state index is 6.68. The summed E-state index contributed by atoms with van der Waals surface area (Å²) in [6, 6.07) is 0. The van der Waals surface area contributed by atoms with Gasteiger partial charge < -0.3 is 14.2 Å². The Kier molecular flexibility index (Phi) is 13.6. The molecule has 0 saturated heterocycles. The van der Waals surface area contributed by atoms with Gasteiger partial charge in [-0.25, -0.2) is 0 Å². The monoisotopic (exact) mass is 436 g/mol. The molecule has 31 heavy (non-hydrogen) atoms. The van der Waals surface area contributed by atoms with Crippen molar-refractivity contribution in [2.75, 3.05) is 13.2 Å². The number of hydrogen-bond acceptors (Lipinski definition) is 3. The van der Waals surface area contributed by atoms with E-state index in [9.17, 15) is 0 Å². The summed E-state index contributed by atoms with van der Waals surface area (Å²) in [5.41, 5.74) is 0. The van der Waals surface area contributed by atoms with Crippen LogP contribution < -0.4 is 0 Å². The van der Waals surface area contributed by atoms with Crippen molar-refractivity contribution in [1.29, 1.82) is 0 Å². The van der Waals surface area contributed by atoms with Gasteiger partial charge in [0.1, 0.15) is 0 Å². The molecule has 3 saturated carbocycles. The molecule has 0 heterocycles. The summed E-state index contributed by atoms with van der Waals surface area (Å²) >= 11 is 0. The second kappa shape index (κ2) is 16.5. The van der Waals surface area contributed by atoms with E-state index in [1.807, 2.05) is 0 Å². The van der Waals surface area contributed by atoms with Crippen molar-refractivity contribution in [2.24, 2.45) is 0 Å². The van der Waals surface area contributed by atoms with Crippen LogP contribution in [0.3, 0.4) is 0 Å². The molecule has 0 aromatic heterocycles. The zero-order valence-corrected chi connectivity index (χ0v) is 20.5. The molecule has 0 aromatic carbocycles. The van der Waals surface area contributed by atoms with Crippen molar-refractivity contribution < 1.29 is 14.2 Å². The van der Waals surface area contributed by atoms with E-state index in [-0.39, 0.29) is 0 Å². The third kappa shape index (κ3) is 11.5. The van der Waals surface area contributed by atoms with Crippen LogP contribution in [0.5, 0.6) is 0 Å². The lowest BCUT2D eigenvalue weighted by atomic mass is 10.1. The highest BCUT2D eigenvalue weighted by atomic mass is 16.5. The van der Waals surface area contributed by atoms with Crippen molar-refractivity contribution in [3.8, 4) is 0 Å². The van der Waals surface area contributed by atoms with E-state index in [1.54, 1.807) is 0 Å². The first-order valence-corrected chi connectivity index (χ1v) is 14.3. The van der Waals surface area contributed by atoms with Crippen LogP contribution in [0.1, 0.15) is 141 Å². The van der Waals surface area contributed by atoms with Crippen molar-refractivity contribution in [1.82, 2.24) is 0 Å². The predicted octanol–water partition coefficient (Wildman–Crippen LogP) is 8.13. The van der Waals surface area contributed by atoms with Crippen molar-refractivity contribution in [3.05, 3.63) is 0 Å². The van der Waals surface area contributed by atoms with Crippen LogP contribution in [0.2, 0.25) is 0 Å². The molecule has 0 aromatic rings. The molecule has 0 spiro atoms. The van der Waals surface area contributed by atoms with Gasteiger partial charge in [0.2, 0.25) is 0 Å². The maximum Gasteiger partial charge on any atom is 0.0580 e. The molecule has 0 atom stereocenters. The third-order valence-electron chi connectivity index (χ3n) is 7.84. The summed E-state index contributed by atoms with van der Waals surface area (Å²) in [6.07, 6.45) is 30.8. The normalized spacial score (nSPS) is 23.5. The average Bonchev–Trinajstić information content (AvgIpc) is 3.30. The smallest absolute Gasteiger partial charge is 0.0580 e. The van der Waals surface area contributed by atoms with Gasteiger partial charge in [0.15, 0.2) is 0 Å². The van der Waals surface area contributed by atoms with E-state index in [0.29, 0.717) is 24.4 Å². The van der Waals surface area contributed by atoms with Gasteiger partial charge in [0, 0.05) is 13.2 Å². The molecule has 0 radical (unpaired) electrons. The molecule has 3 heteroatoms. The van der Waals surface area contributed by atoms with Crippen LogP contribution in [-0.2, 0) is 14.2 Å². The summed E-state index contributed by atoms with van der Waals surface area (Å²) < 4.78 is 19.2. The molecule has 3 nitrogen and oxygen atoms in total. The van der Waals surface area contributed by atoms with E-state index in [0.717, 1.165) is 38.9 Å². The van der Waals surface area contributed by atoms with Crippen LogP contribution in [0, 0.1) is 0 Å². The van der Waals surface area contributed by atoms with E-state index in [2.05, 4.69) is 0 Å². The minimum Gasteiger partial charge on any atom is -0.378 e. The molecular weight excluding hydrogens is 384 g/mol. The van der Waals surface area contributed by atoms with Crippen molar-refractivity contribution in [2.45, 2.75) is 166 Å². The lowest BCUT2D eigenvalue weighted by molar-refractivity contribution is -0.0406. The molecule has 0 N–H and O–H groups in total. The Morgan fingerprint density at radius 2 is 0.806 bits per heavy atom. The zero-order chi connectivity index (χ0) is 21.4. The summed E-state index contributed by atoms with van der Waals surface area (Å²) in [5, 5.41) is 0. The average molecular weight is 437 g/mol. The first kappa shape index (κ1) is 25.5. The highest BCUT2D eigenvalue weighted by Gasteiger charge is 2.19. The standard InChI is InChI=1S/C28H52O3/c1-2-8-16-25(15-7-1)29-23-13-21-28(31-27-19-11-5-6-12-20-27)22-14-24-30-26-17-9-3-4-10-18-26/h25-28H,1-24H2. The van der Waals surface area contributed by atoms with Crippen molar-refractivity contribution >= 4 is 0 Å². The zero-order valence-electron chi connectivity index (χ0n) is 20.5. The molecule has 0 unspecified atom stereocenters. The first-order chi connectivity index (χ1) is 15.4. The lowest BCUT2D eigenvalue weighted by Gasteiger charge is -2.25. The molecule has 3 aliphatic carbocycles. The molecule has 0 bridgehead atoms. The SMILES string of the molecule is C1CCCC(OCCCC(CCCOC2CCCCCC2)OC2CCCCCC2)CC1. The lowest BCUT2D eigenvalue weighted by Crippen LogP contribution is -2.24. The Bertz CT molecular complexity index is 374. The highest BCUT2D eigenvalue weighted by Crippen LogP contribution is 2.25. The first-order valence-electron chi connectivity index (χ1n) is 14.3. The van der Waals surface area contributed by atoms with Crippen LogP contribution in [0.25, 0.3) is 0 Å². The van der Waals surface area contributed by atoms with Crippen LogP contribution in [-0.4, -0.2) is 37.6 Å². The quantitative estimate of drug-likeness (QED) is 0.228. The molecule has 3 aliphatic rings. The number of rotatable bonds is 12. The third-order valence-corrected chi connectivity index (χ3v) is 7.84. The Labute approximate surface area is 193 Å². The Morgan fingerprint density at radius 1 is 0.452 bits per heavy atom. The topological polar surface area (TPSA) is 27.7 Å².